The minimum Gasteiger partial charge on any atom is -0.480 e. The molecule has 0 amide bonds. The van der Waals surface area contributed by atoms with Crippen molar-refractivity contribution in [1.29, 1.82) is 0 Å². The van der Waals surface area contributed by atoms with Crippen LogP contribution in [0, 0.1) is 0 Å². The maximum absolute atomic E-state index is 10.8. The highest BCUT2D eigenvalue weighted by Crippen LogP contribution is 2.06. The molecule has 0 saturated carbocycles. The Kier molecular flexibility index (Phi) is 6.37. The summed E-state index contributed by atoms with van der Waals surface area (Å²) in [7, 11) is 1.52. The van der Waals surface area contributed by atoms with Gasteiger partial charge in [0.15, 0.2) is 0 Å². The van der Waals surface area contributed by atoms with Gasteiger partial charge in [0.05, 0.1) is 6.61 Å². The standard InChI is InChI=1S/C11H22N2O3/c1-16-9-10(11(14)15)12-5-4-8-13-6-2-3-7-13/h10,12H,2-9H2,1H3,(H,14,15). The van der Waals surface area contributed by atoms with Crippen LogP contribution in [0.25, 0.3) is 0 Å². The van der Waals surface area contributed by atoms with Crippen molar-refractivity contribution >= 4 is 5.97 Å². The molecule has 0 aromatic rings. The van der Waals surface area contributed by atoms with Crippen LogP contribution < -0.4 is 5.32 Å². The number of rotatable bonds is 8. The van der Waals surface area contributed by atoms with Crippen molar-refractivity contribution in [3.8, 4) is 0 Å². The topological polar surface area (TPSA) is 61.8 Å². The molecule has 2 N–H and O–H groups in total. The Hall–Kier alpha value is -0.650. The number of carboxylic acids is 1. The number of likely N-dealkylation sites (tertiary alicyclic amines) is 1. The van der Waals surface area contributed by atoms with Gasteiger partial charge in [0.25, 0.3) is 0 Å². The minimum absolute atomic E-state index is 0.221. The zero-order valence-electron chi connectivity index (χ0n) is 9.95. The van der Waals surface area contributed by atoms with Crippen LogP contribution in [-0.2, 0) is 9.53 Å². The fraction of sp³-hybridized carbons (Fsp3) is 0.909. The van der Waals surface area contributed by atoms with E-state index in [0.29, 0.717) is 0 Å². The lowest BCUT2D eigenvalue weighted by atomic mass is 10.3. The summed E-state index contributed by atoms with van der Waals surface area (Å²) in [6, 6.07) is -0.580. The van der Waals surface area contributed by atoms with Crippen LogP contribution in [-0.4, -0.2) is 61.9 Å². The summed E-state index contributed by atoms with van der Waals surface area (Å²) in [5.41, 5.74) is 0. The quantitative estimate of drug-likeness (QED) is 0.582. The van der Waals surface area contributed by atoms with Crippen molar-refractivity contribution in [1.82, 2.24) is 10.2 Å². The highest BCUT2D eigenvalue weighted by atomic mass is 16.5. The van der Waals surface area contributed by atoms with Crippen molar-refractivity contribution in [3.63, 3.8) is 0 Å². The normalized spacial score (nSPS) is 18.8. The van der Waals surface area contributed by atoms with Crippen molar-refractivity contribution in [2.24, 2.45) is 0 Å². The number of carboxylic acid groups (broad SMARTS) is 1. The Morgan fingerprint density at radius 2 is 2.19 bits per heavy atom. The van der Waals surface area contributed by atoms with E-state index in [0.717, 1.165) is 19.5 Å². The van der Waals surface area contributed by atoms with Gasteiger partial charge < -0.3 is 20.1 Å². The van der Waals surface area contributed by atoms with Gasteiger partial charge in [-0.3, -0.25) is 4.79 Å². The van der Waals surface area contributed by atoms with E-state index in [1.807, 2.05) is 0 Å². The van der Waals surface area contributed by atoms with E-state index in [1.165, 1.54) is 33.0 Å². The Morgan fingerprint density at radius 1 is 1.50 bits per heavy atom. The van der Waals surface area contributed by atoms with Gasteiger partial charge >= 0.3 is 5.97 Å². The molecule has 0 aliphatic carbocycles. The molecular formula is C11H22N2O3. The highest BCUT2D eigenvalue weighted by Gasteiger charge is 2.16. The number of nitrogens with zero attached hydrogens (tertiary/aromatic N) is 1. The number of hydrogen-bond donors (Lipinski definition) is 2. The van der Waals surface area contributed by atoms with Gasteiger partial charge in [0.2, 0.25) is 0 Å². The summed E-state index contributed by atoms with van der Waals surface area (Å²) in [5.74, 6) is -0.844. The number of hydrogen-bond acceptors (Lipinski definition) is 4. The van der Waals surface area contributed by atoms with Gasteiger partial charge in [-0.25, -0.2) is 0 Å². The molecule has 1 saturated heterocycles. The van der Waals surface area contributed by atoms with E-state index >= 15 is 0 Å². The molecule has 1 fully saturated rings. The molecule has 0 bridgehead atoms. The van der Waals surface area contributed by atoms with E-state index < -0.39 is 12.0 Å². The molecule has 1 aliphatic heterocycles. The third-order valence-corrected chi connectivity index (χ3v) is 2.87. The molecule has 1 aliphatic rings. The van der Waals surface area contributed by atoms with Crippen LogP contribution in [0.1, 0.15) is 19.3 Å². The number of methoxy groups -OCH3 is 1. The Morgan fingerprint density at radius 3 is 2.75 bits per heavy atom. The van der Waals surface area contributed by atoms with Gasteiger partial charge in [-0.1, -0.05) is 0 Å². The molecule has 1 atom stereocenters. The number of carbonyl (C=O) groups is 1. The molecule has 16 heavy (non-hydrogen) atoms. The van der Waals surface area contributed by atoms with E-state index in [4.69, 9.17) is 9.84 Å². The summed E-state index contributed by atoms with van der Waals surface area (Å²) in [6.07, 6.45) is 3.59. The second-order valence-corrected chi connectivity index (χ2v) is 4.20. The first kappa shape index (κ1) is 13.4. The van der Waals surface area contributed by atoms with Crippen molar-refractivity contribution in [2.75, 3.05) is 39.9 Å². The lowest BCUT2D eigenvalue weighted by Gasteiger charge is -2.16. The van der Waals surface area contributed by atoms with Gasteiger partial charge in [-0.2, -0.15) is 0 Å². The zero-order valence-corrected chi connectivity index (χ0v) is 9.95. The molecule has 0 radical (unpaired) electrons. The number of nitrogens with one attached hydrogen (secondary N) is 1. The predicted octanol–water partition coefficient (Wildman–Crippen LogP) is 0.162. The number of aliphatic carboxylic acids is 1. The molecule has 94 valence electrons. The van der Waals surface area contributed by atoms with E-state index in [2.05, 4.69) is 10.2 Å². The van der Waals surface area contributed by atoms with Crippen LogP contribution in [0.4, 0.5) is 0 Å². The fourth-order valence-corrected chi connectivity index (χ4v) is 1.97. The molecule has 1 unspecified atom stereocenters. The molecular weight excluding hydrogens is 208 g/mol. The lowest BCUT2D eigenvalue weighted by Crippen LogP contribution is -2.41. The SMILES string of the molecule is COCC(NCCCN1CCCC1)C(=O)O. The number of ether oxygens (including phenoxy) is 1. The van der Waals surface area contributed by atoms with Crippen LogP contribution in [0.3, 0.4) is 0 Å². The van der Waals surface area contributed by atoms with Crippen molar-refractivity contribution in [3.05, 3.63) is 0 Å². The molecule has 0 aromatic heterocycles. The average Bonchev–Trinajstić information content (AvgIpc) is 2.75. The van der Waals surface area contributed by atoms with Gasteiger partial charge in [-0.15, -0.1) is 0 Å². The summed E-state index contributed by atoms with van der Waals surface area (Å²) in [5, 5.41) is 11.9. The molecule has 1 heterocycles. The smallest absolute Gasteiger partial charge is 0.323 e. The van der Waals surface area contributed by atoms with Crippen LogP contribution in [0.15, 0.2) is 0 Å². The lowest BCUT2D eigenvalue weighted by molar-refractivity contribution is -0.140. The largest absolute Gasteiger partial charge is 0.480 e. The first-order chi connectivity index (χ1) is 7.74. The zero-order chi connectivity index (χ0) is 11.8. The first-order valence-electron chi connectivity index (χ1n) is 5.91. The van der Waals surface area contributed by atoms with Crippen LogP contribution in [0.2, 0.25) is 0 Å². The summed E-state index contributed by atoms with van der Waals surface area (Å²) < 4.78 is 4.84. The van der Waals surface area contributed by atoms with E-state index in [1.54, 1.807) is 0 Å². The molecule has 0 spiro atoms. The summed E-state index contributed by atoms with van der Waals surface area (Å²) >= 11 is 0. The molecule has 1 rings (SSSR count). The Bertz CT molecular complexity index is 205. The monoisotopic (exact) mass is 230 g/mol. The van der Waals surface area contributed by atoms with E-state index in [9.17, 15) is 4.79 Å². The second kappa shape index (κ2) is 7.60. The third-order valence-electron chi connectivity index (χ3n) is 2.87. The summed E-state index contributed by atoms with van der Waals surface area (Å²) in [6.45, 7) is 4.41. The van der Waals surface area contributed by atoms with Gasteiger partial charge in [0, 0.05) is 7.11 Å². The molecule has 5 heteroatoms. The van der Waals surface area contributed by atoms with Crippen molar-refractivity contribution < 1.29 is 14.6 Å². The molecule has 0 aromatic carbocycles. The summed E-state index contributed by atoms with van der Waals surface area (Å²) in [4.78, 5) is 13.2. The Balaban J connectivity index is 2.05. The van der Waals surface area contributed by atoms with Gasteiger partial charge in [0.1, 0.15) is 6.04 Å². The Labute approximate surface area is 96.8 Å². The maximum Gasteiger partial charge on any atom is 0.323 e. The van der Waals surface area contributed by atoms with Crippen LogP contribution >= 0.6 is 0 Å². The minimum atomic E-state index is -0.844. The van der Waals surface area contributed by atoms with E-state index in [-0.39, 0.29) is 6.61 Å². The van der Waals surface area contributed by atoms with Crippen LogP contribution in [0.5, 0.6) is 0 Å². The highest BCUT2D eigenvalue weighted by molar-refractivity contribution is 5.73. The average molecular weight is 230 g/mol. The maximum atomic E-state index is 10.8. The predicted molar refractivity (Wildman–Crippen MR) is 61.6 cm³/mol. The third kappa shape index (κ3) is 4.92. The first-order valence-corrected chi connectivity index (χ1v) is 5.91. The fourth-order valence-electron chi connectivity index (χ4n) is 1.97. The second-order valence-electron chi connectivity index (χ2n) is 4.20. The molecule has 5 nitrogen and oxygen atoms in total. The van der Waals surface area contributed by atoms with Crippen molar-refractivity contribution in [2.45, 2.75) is 25.3 Å². The van der Waals surface area contributed by atoms with Gasteiger partial charge in [-0.05, 0) is 45.4 Å².